The van der Waals surface area contributed by atoms with Crippen LogP contribution in [0.25, 0.3) is 10.6 Å². The number of amides is 1. The number of hydrogen-bond acceptors (Lipinski definition) is 6. The largest absolute Gasteiger partial charge is 0.334 e. The molecule has 1 amide bonds. The summed E-state index contributed by atoms with van der Waals surface area (Å²) in [7, 11) is 0. The average Bonchev–Trinajstić information content (AvgIpc) is 3.44. The summed E-state index contributed by atoms with van der Waals surface area (Å²) in [5.74, 6) is -0.205. The lowest BCUT2D eigenvalue weighted by Gasteiger charge is -2.16. The van der Waals surface area contributed by atoms with Gasteiger partial charge in [0.25, 0.3) is 11.5 Å². The smallest absolute Gasteiger partial charge is 0.283 e. The molecule has 1 aromatic heterocycles. The van der Waals surface area contributed by atoms with Crippen LogP contribution in [-0.4, -0.2) is 22.7 Å². The van der Waals surface area contributed by atoms with Gasteiger partial charge in [0.05, 0.1) is 22.7 Å². The van der Waals surface area contributed by atoms with Crippen LogP contribution in [0, 0.1) is 0 Å². The molecule has 8 heteroatoms. The van der Waals surface area contributed by atoms with Gasteiger partial charge in [-0.25, -0.2) is 0 Å². The Labute approximate surface area is 193 Å². The van der Waals surface area contributed by atoms with Gasteiger partial charge in [0.2, 0.25) is 0 Å². The first-order valence-electron chi connectivity index (χ1n) is 10.5. The van der Waals surface area contributed by atoms with E-state index in [1.165, 1.54) is 16.3 Å². The maximum atomic E-state index is 13.5. The fourth-order valence-corrected chi connectivity index (χ4v) is 6.69. The van der Waals surface area contributed by atoms with Gasteiger partial charge < -0.3 is 4.90 Å². The molecule has 0 spiro atoms. The molecule has 0 N–H and O–H groups in total. The minimum atomic E-state index is -0.205. The summed E-state index contributed by atoms with van der Waals surface area (Å²) < 4.78 is 3.03. The monoisotopic (exact) mass is 462 g/mol. The standard InChI is InChI=1S/C24H22N4O2S2/c1-4-26-17-13-9-10-14-18(17)31-24(26)20-22(30)27(5-2)23(32-20)19-15(3)25-28(21(19)29)16-11-7-6-8-12-16/h6-14H,4-5H2,1-3H3/b23-19+,24-20+. The predicted molar refractivity (Wildman–Crippen MR) is 133 cm³/mol. The van der Waals surface area contributed by atoms with E-state index >= 15 is 0 Å². The molecule has 0 radical (unpaired) electrons. The molecular weight excluding hydrogens is 440 g/mol. The number of anilines is 2. The van der Waals surface area contributed by atoms with Gasteiger partial charge in [0, 0.05) is 18.0 Å². The maximum absolute atomic E-state index is 13.5. The number of nitrogens with zero attached hydrogens (tertiary/aromatic N) is 4. The Morgan fingerprint density at radius 3 is 2.38 bits per heavy atom. The Kier molecular flexibility index (Phi) is 5.27. The highest BCUT2D eigenvalue weighted by Gasteiger charge is 2.32. The molecule has 32 heavy (non-hydrogen) atoms. The summed E-state index contributed by atoms with van der Waals surface area (Å²) in [5.41, 5.74) is 2.88. The molecular formula is C24H22N4O2S2. The third kappa shape index (κ3) is 3.13. The van der Waals surface area contributed by atoms with E-state index in [2.05, 4.69) is 29.1 Å². The molecule has 0 saturated carbocycles. The zero-order chi connectivity index (χ0) is 22.4. The van der Waals surface area contributed by atoms with Crippen molar-refractivity contribution in [2.75, 3.05) is 16.5 Å². The molecule has 0 bridgehead atoms. The summed E-state index contributed by atoms with van der Waals surface area (Å²) in [5, 5.41) is 6.85. The normalized spacial score (nSPS) is 19.0. The molecule has 0 fully saturated rings. The fourth-order valence-electron chi connectivity index (χ4n) is 4.03. The topological polar surface area (TPSA) is 57.9 Å². The average molecular weight is 463 g/mol. The number of aromatic nitrogens is 1. The Hall–Kier alpha value is -3.10. The lowest BCUT2D eigenvalue weighted by atomic mass is 10.2. The number of fused-ring (bicyclic) bond motifs is 1. The van der Waals surface area contributed by atoms with Gasteiger partial charge in [0.15, 0.2) is 0 Å². The van der Waals surface area contributed by atoms with E-state index in [1.54, 1.807) is 16.3 Å². The first-order valence-corrected chi connectivity index (χ1v) is 12.2. The molecule has 6 nitrogen and oxygen atoms in total. The Morgan fingerprint density at radius 1 is 0.938 bits per heavy atom. The minimum absolute atomic E-state index is 0.0625. The number of hydrogen-bond donors (Lipinski definition) is 0. The molecule has 0 unspecified atom stereocenters. The molecule has 5 rings (SSSR count). The number of carbonyl (C=O) groups is 1. The number of rotatable bonds is 3. The van der Waals surface area contributed by atoms with Gasteiger partial charge in [0.1, 0.15) is 14.2 Å². The summed E-state index contributed by atoms with van der Waals surface area (Å²) in [6, 6.07) is 17.5. The van der Waals surface area contributed by atoms with E-state index in [4.69, 9.17) is 0 Å². The quantitative estimate of drug-likeness (QED) is 0.600. The van der Waals surface area contributed by atoms with Crippen molar-refractivity contribution in [3.05, 3.63) is 74.1 Å². The number of para-hydroxylation sites is 2. The van der Waals surface area contributed by atoms with Crippen molar-refractivity contribution < 1.29 is 4.79 Å². The first-order chi connectivity index (χ1) is 15.5. The Bertz CT molecular complexity index is 1440. The van der Waals surface area contributed by atoms with Gasteiger partial charge >= 0.3 is 0 Å². The molecule has 2 aliphatic heterocycles. The van der Waals surface area contributed by atoms with E-state index in [0.29, 0.717) is 32.7 Å². The molecule has 2 aliphatic rings. The Balaban J connectivity index is 1.74. The summed E-state index contributed by atoms with van der Waals surface area (Å²) in [6.45, 7) is 7.08. The first kappa shape index (κ1) is 20.8. The van der Waals surface area contributed by atoms with Crippen LogP contribution in [-0.2, 0) is 11.3 Å². The van der Waals surface area contributed by atoms with Gasteiger partial charge in [-0.1, -0.05) is 42.1 Å². The van der Waals surface area contributed by atoms with Crippen molar-refractivity contribution in [2.45, 2.75) is 32.2 Å². The zero-order valence-corrected chi connectivity index (χ0v) is 19.7. The molecule has 162 valence electrons. The summed E-state index contributed by atoms with van der Waals surface area (Å²) >= 11 is 3.00. The molecule has 2 aromatic carbocycles. The number of thioether (sulfide) groups is 1. The zero-order valence-electron chi connectivity index (χ0n) is 18.0. The van der Waals surface area contributed by atoms with Crippen molar-refractivity contribution in [2.24, 2.45) is 5.10 Å². The van der Waals surface area contributed by atoms with Gasteiger partial charge in [-0.2, -0.15) is 10.1 Å². The fraction of sp³-hybridized carbons (Fsp3) is 0.208. The molecule has 3 heterocycles. The second kappa shape index (κ2) is 8.11. The molecule has 0 atom stereocenters. The van der Waals surface area contributed by atoms with Crippen LogP contribution in [0.4, 0.5) is 11.4 Å². The van der Waals surface area contributed by atoms with Crippen molar-refractivity contribution in [1.29, 1.82) is 0 Å². The molecule has 0 aliphatic carbocycles. The van der Waals surface area contributed by atoms with Gasteiger partial charge in [-0.05, 0) is 45.0 Å². The highest BCUT2D eigenvalue weighted by Crippen LogP contribution is 2.45. The lowest BCUT2D eigenvalue weighted by Crippen LogP contribution is -2.35. The van der Waals surface area contributed by atoms with Crippen LogP contribution in [0.3, 0.4) is 0 Å². The van der Waals surface area contributed by atoms with Crippen molar-refractivity contribution in [3.8, 4) is 0 Å². The predicted octanol–water partition coefficient (Wildman–Crippen LogP) is 3.20. The van der Waals surface area contributed by atoms with Gasteiger partial charge in [-0.3, -0.25) is 14.2 Å². The molecule has 0 saturated heterocycles. The highest BCUT2D eigenvalue weighted by molar-refractivity contribution is 8.08. The summed E-state index contributed by atoms with van der Waals surface area (Å²) in [4.78, 5) is 30.2. The second-order valence-corrected chi connectivity index (χ2v) is 9.45. The second-order valence-electron chi connectivity index (χ2n) is 7.42. The number of benzene rings is 2. The van der Waals surface area contributed by atoms with Crippen molar-refractivity contribution >= 4 is 56.7 Å². The van der Waals surface area contributed by atoms with Crippen LogP contribution in [0.5, 0.6) is 0 Å². The van der Waals surface area contributed by atoms with E-state index in [9.17, 15) is 9.59 Å². The highest BCUT2D eigenvalue weighted by atomic mass is 32.2. The number of carbonyl (C=O) groups excluding carboxylic acids is 1. The van der Waals surface area contributed by atoms with Crippen LogP contribution in [0.1, 0.15) is 20.8 Å². The van der Waals surface area contributed by atoms with E-state index in [0.717, 1.165) is 22.2 Å². The van der Waals surface area contributed by atoms with Crippen molar-refractivity contribution in [3.63, 3.8) is 0 Å². The minimum Gasteiger partial charge on any atom is -0.334 e. The SMILES string of the molecule is CCN1/C(=c2\s/c(=C3/C(=O)N(c4ccccc4)N=C3C)n(CC)c2=O)Sc2ccccc21. The van der Waals surface area contributed by atoms with Crippen LogP contribution >= 0.6 is 23.1 Å². The van der Waals surface area contributed by atoms with E-state index < -0.39 is 0 Å². The number of thiazole rings is 1. The third-order valence-electron chi connectivity index (χ3n) is 5.55. The lowest BCUT2D eigenvalue weighted by molar-refractivity contribution is -0.112. The van der Waals surface area contributed by atoms with E-state index in [-0.39, 0.29) is 11.5 Å². The van der Waals surface area contributed by atoms with E-state index in [1.807, 2.05) is 56.3 Å². The van der Waals surface area contributed by atoms with Crippen molar-refractivity contribution in [1.82, 2.24) is 4.57 Å². The van der Waals surface area contributed by atoms with Crippen LogP contribution < -0.4 is 24.7 Å². The Morgan fingerprint density at radius 2 is 1.66 bits per heavy atom. The number of hydrazone groups is 1. The molecule has 3 aromatic rings. The van der Waals surface area contributed by atoms with Gasteiger partial charge in [-0.15, -0.1) is 11.3 Å². The van der Waals surface area contributed by atoms with Crippen LogP contribution in [0.15, 0.2) is 69.4 Å². The third-order valence-corrected chi connectivity index (χ3v) is 8.05. The van der Waals surface area contributed by atoms with Crippen LogP contribution in [0.2, 0.25) is 0 Å². The summed E-state index contributed by atoms with van der Waals surface area (Å²) in [6.07, 6.45) is 0. The maximum Gasteiger partial charge on any atom is 0.283 e.